The molecule has 1 aromatic rings. The molecule has 1 nitrogen and oxygen atoms in total. The van der Waals surface area contributed by atoms with Crippen molar-refractivity contribution in [1.29, 1.82) is 0 Å². The average molecular weight is 235 g/mol. The Morgan fingerprint density at radius 1 is 1.19 bits per heavy atom. The summed E-state index contributed by atoms with van der Waals surface area (Å²) in [5.41, 5.74) is 8.79. The van der Waals surface area contributed by atoms with Crippen LogP contribution in [0.15, 0.2) is 23.1 Å². The lowest BCUT2D eigenvalue weighted by Crippen LogP contribution is -2.29. The molecule has 1 aliphatic carbocycles. The van der Waals surface area contributed by atoms with Crippen LogP contribution in [0.5, 0.6) is 0 Å². The third-order valence-corrected chi connectivity index (χ3v) is 4.74. The minimum atomic E-state index is 0.429. The van der Waals surface area contributed by atoms with Crippen LogP contribution >= 0.6 is 11.8 Å². The van der Waals surface area contributed by atoms with Gasteiger partial charge in [0.1, 0.15) is 0 Å². The highest BCUT2D eigenvalue weighted by molar-refractivity contribution is 8.00. The van der Waals surface area contributed by atoms with E-state index in [1.165, 1.54) is 41.7 Å². The van der Waals surface area contributed by atoms with Gasteiger partial charge in [-0.15, -0.1) is 11.8 Å². The van der Waals surface area contributed by atoms with Crippen molar-refractivity contribution in [2.75, 3.05) is 0 Å². The largest absolute Gasteiger partial charge is 0.328 e. The zero-order chi connectivity index (χ0) is 11.5. The Morgan fingerprint density at radius 2 is 2.00 bits per heavy atom. The fraction of sp³-hybridized carbons (Fsp3) is 0.571. The Kier molecular flexibility index (Phi) is 3.93. The topological polar surface area (TPSA) is 26.0 Å². The molecule has 2 heteroatoms. The monoisotopic (exact) mass is 235 g/mol. The van der Waals surface area contributed by atoms with E-state index in [1.54, 1.807) is 0 Å². The maximum Gasteiger partial charge on any atom is 0.0109 e. The van der Waals surface area contributed by atoms with Gasteiger partial charge in [-0.1, -0.05) is 12.5 Å². The van der Waals surface area contributed by atoms with Crippen LogP contribution in [-0.2, 0) is 0 Å². The third-order valence-electron chi connectivity index (χ3n) is 3.45. The van der Waals surface area contributed by atoms with Crippen LogP contribution in [0, 0.1) is 13.8 Å². The van der Waals surface area contributed by atoms with E-state index in [0.29, 0.717) is 6.04 Å². The predicted octanol–water partition coefficient (Wildman–Crippen LogP) is 3.67. The Labute approximate surface area is 103 Å². The van der Waals surface area contributed by atoms with Crippen molar-refractivity contribution in [3.8, 4) is 0 Å². The second-order valence-electron chi connectivity index (χ2n) is 4.91. The summed E-state index contributed by atoms with van der Waals surface area (Å²) in [7, 11) is 0. The zero-order valence-electron chi connectivity index (χ0n) is 10.2. The van der Waals surface area contributed by atoms with E-state index in [2.05, 4.69) is 32.0 Å². The third kappa shape index (κ3) is 3.02. The number of rotatable bonds is 2. The first-order valence-electron chi connectivity index (χ1n) is 6.14. The molecule has 0 aromatic heterocycles. The maximum absolute atomic E-state index is 6.02. The van der Waals surface area contributed by atoms with Gasteiger partial charge in [-0.2, -0.15) is 0 Å². The zero-order valence-corrected chi connectivity index (χ0v) is 11.0. The Bertz CT molecular complexity index is 362. The Hall–Kier alpha value is -0.470. The highest BCUT2D eigenvalue weighted by atomic mass is 32.2. The first-order chi connectivity index (χ1) is 7.65. The van der Waals surface area contributed by atoms with Crippen molar-refractivity contribution in [2.45, 2.75) is 55.7 Å². The lowest BCUT2D eigenvalue weighted by molar-refractivity contribution is 0.451. The molecule has 0 bridgehead atoms. The first kappa shape index (κ1) is 12.0. The van der Waals surface area contributed by atoms with Gasteiger partial charge in [-0.25, -0.2) is 0 Å². The smallest absolute Gasteiger partial charge is 0.0109 e. The fourth-order valence-electron chi connectivity index (χ4n) is 2.27. The minimum absolute atomic E-state index is 0.429. The lowest BCUT2D eigenvalue weighted by Gasteiger charge is -2.26. The van der Waals surface area contributed by atoms with Gasteiger partial charge < -0.3 is 5.73 Å². The first-order valence-corrected chi connectivity index (χ1v) is 7.02. The molecule has 16 heavy (non-hydrogen) atoms. The summed E-state index contributed by atoms with van der Waals surface area (Å²) in [6, 6.07) is 7.20. The molecule has 0 spiro atoms. The van der Waals surface area contributed by atoms with Crippen LogP contribution in [0.25, 0.3) is 0 Å². The SMILES string of the molecule is Cc1ccc(SC2CCCC(N)C2)cc1C. The standard InChI is InChI=1S/C14H21NS/c1-10-6-7-14(8-11(10)2)16-13-5-3-4-12(15)9-13/h6-8,12-13H,3-5,9,15H2,1-2H3. The summed E-state index contributed by atoms with van der Waals surface area (Å²) in [6.07, 6.45) is 5.01. The summed E-state index contributed by atoms with van der Waals surface area (Å²) in [5, 5.41) is 0.728. The summed E-state index contributed by atoms with van der Waals surface area (Å²) in [4.78, 5) is 1.40. The summed E-state index contributed by atoms with van der Waals surface area (Å²) in [6.45, 7) is 4.35. The summed E-state index contributed by atoms with van der Waals surface area (Å²) >= 11 is 2.01. The molecular weight excluding hydrogens is 214 g/mol. The molecule has 2 rings (SSSR count). The molecule has 0 aliphatic heterocycles. The van der Waals surface area contributed by atoms with E-state index in [-0.39, 0.29) is 0 Å². The van der Waals surface area contributed by atoms with E-state index < -0.39 is 0 Å². The molecule has 0 saturated heterocycles. The fourth-order valence-corrected chi connectivity index (χ4v) is 3.67. The molecule has 0 amide bonds. The van der Waals surface area contributed by atoms with E-state index in [4.69, 9.17) is 5.73 Å². The van der Waals surface area contributed by atoms with Crippen LogP contribution < -0.4 is 5.73 Å². The number of nitrogens with two attached hydrogens (primary N) is 1. The molecule has 2 atom stereocenters. The summed E-state index contributed by atoms with van der Waals surface area (Å²) in [5.74, 6) is 0. The van der Waals surface area contributed by atoms with Crippen LogP contribution in [0.4, 0.5) is 0 Å². The van der Waals surface area contributed by atoms with Crippen molar-refractivity contribution >= 4 is 11.8 Å². The number of aryl methyl sites for hydroxylation is 2. The van der Waals surface area contributed by atoms with Gasteiger partial charge >= 0.3 is 0 Å². The van der Waals surface area contributed by atoms with Crippen molar-refractivity contribution in [1.82, 2.24) is 0 Å². The second kappa shape index (κ2) is 5.24. The average Bonchev–Trinajstić information content (AvgIpc) is 2.24. The van der Waals surface area contributed by atoms with E-state index in [9.17, 15) is 0 Å². The lowest BCUT2D eigenvalue weighted by atomic mass is 9.96. The van der Waals surface area contributed by atoms with E-state index in [1.807, 2.05) is 11.8 Å². The normalized spacial score (nSPS) is 25.7. The highest BCUT2D eigenvalue weighted by Crippen LogP contribution is 2.33. The van der Waals surface area contributed by atoms with Gasteiger partial charge in [-0.05, 0) is 56.4 Å². The quantitative estimate of drug-likeness (QED) is 0.846. The molecule has 1 aliphatic rings. The van der Waals surface area contributed by atoms with Crippen LogP contribution in [0.3, 0.4) is 0 Å². The summed E-state index contributed by atoms with van der Waals surface area (Å²) < 4.78 is 0. The maximum atomic E-state index is 6.02. The molecule has 88 valence electrons. The van der Waals surface area contributed by atoms with E-state index in [0.717, 1.165) is 5.25 Å². The van der Waals surface area contributed by atoms with E-state index >= 15 is 0 Å². The van der Waals surface area contributed by atoms with Crippen molar-refractivity contribution in [3.05, 3.63) is 29.3 Å². The predicted molar refractivity (Wildman–Crippen MR) is 72.0 cm³/mol. The van der Waals surface area contributed by atoms with Crippen molar-refractivity contribution < 1.29 is 0 Å². The molecule has 0 radical (unpaired) electrons. The van der Waals surface area contributed by atoms with Crippen molar-refractivity contribution in [3.63, 3.8) is 0 Å². The molecule has 0 heterocycles. The van der Waals surface area contributed by atoms with Gasteiger partial charge in [0.25, 0.3) is 0 Å². The van der Waals surface area contributed by atoms with Gasteiger partial charge in [0.2, 0.25) is 0 Å². The van der Waals surface area contributed by atoms with Crippen LogP contribution in [-0.4, -0.2) is 11.3 Å². The number of thioether (sulfide) groups is 1. The Balaban J connectivity index is 2.00. The Morgan fingerprint density at radius 3 is 2.69 bits per heavy atom. The molecule has 1 fully saturated rings. The van der Waals surface area contributed by atoms with Gasteiger partial charge in [0.05, 0.1) is 0 Å². The van der Waals surface area contributed by atoms with Crippen molar-refractivity contribution in [2.24, 2.45) is 5.73 Å². The van der Waals surface area contributed by atoms with Gasteiger partial charge in [0.15, 0.2) is 0 Å². The van der Waals surface area contributed by atoms with Gasteiger partial charge in [0, 0.05) is 16.2 Å². The molecule has 2 unspecified atom stereocenters. The number of hydrogen-bond acceptors (Lipinski definition) is 2. The minimum Gasteiger partial charge on any atom is -0.328 e. The van der Waals surface area contributed by atoms with Crippen LogP contribution in [0.2, 0.25) is 0 Å². The number of benzene rings is 1. The second-order valence-corrected chi connectivity index (χ2v) is 6.29. The van der Waals surface area contributed by atoms with Crippen LogP contribution in [0.1, 0.15) is 36.8 Å². The molecular formula is C14H21NS. The molecule has 2 N–H and O–H groups in total. The highest BCUT2D eigenvalue weighted by Gasteiger charge is 2.19. The molecule has 1 aromatic carbocycles. The number of hydrogen-bond donors (Lipinski definition) is 1. The molecule has 1 saturated carbocycles. The van der Waals surface area contributed by atoms with Gasteiger partial charge in [-0.3, -0.25) is 0 Å².